The summed E-state index contributed by atoms with van der Waals surface area (Å²) < 4.78 is 0. The van der Waals surface area contributed by atoms with Crippen LogP contribution in [0.3, 0.4) is 0 Å². The van der Waals surface area contributed by atoms with E-state index >= 15 is 0 Å². The second-order valence-electron chi connectivity index (χ2n) is 14.6. The van der Waals surface area contributed by atoms with Gasteiger partial charge >= 0.3 is 0 Å². The van der Waals surface area contributed by atoms with Gasteiger partial charge in [-0.3, -0.25) is 0 Å². The van der Waals surface area contributed by atoms with Crippen LogP contribution in [0, 0.1) is 50.7 Å². The minimum absolute atomic E-state index is 0.0663. The van der Waals surface area contributed by atoms with Crippen LogP contribution in [-0.4, -0.2) is 11.2 Å². The molecule has 5 rings (SSSR count). The largest absolute Gasteiger partial charge is 0.393 e. The number of aliphatic hydroxyl groups excluding tert-OH is 1. The summed E-state index contributed by atoms with van der Waals surface area (Å²) in [6, 6.07) is 0. The third-order valence-electron chi connectivity index (χ3n) is 12.2. The number of rotatable bonds is 0. The van der Waals surface area contributed by atoms with Crippen LogP contribution in [0.25, 0.3) is 0 Å². The molecule has 0 amide bonds. The lowest BCUT2D eigenvalue weighted by Gasteiger charge is -2.68. The van der Waals surface area contributed by atoms with Crippen molar-refractivity contribution in [2.45, 2.75) is 119 Å². The van der Waals surface area contributed by atoms with Crippen molar-refractivity contribution in [3.05, 3.63) is 11.6 Å². The number of allylic oxidation sites excluding steroid dienone is 2. The lowest BCUT2D eigenvalue weighted by atomic mass is 9.37. The van der Waals surface area contributed by atoms with Crippen molar-refractivity contribution in [2.75, 3.05) is 0 Å². The van der Waals surface area contributed by atoms with Gasteiger partial charge in [0.2, 0.25) is 0 Å². The fourth-order valence-electron chi connectivity index (χ4n) is 10.2. The van der Waals surface area contributed by atoms with Crippen LogP contribution in [0.15, 0.2) is 11.6 Å². The first-order valence-corrected chi connectivity index (χ1v) is 13.2. The average Bonchev–Trinajstić information content (AvgIpc) is 2.65. The smallest absolute Gasteiger partial charge is 0.0594 e. The Kier molecular flexibility index (Phi) is 4.59. The van der Waals surface area contributed by atoms with Gasteiger partial charge in [-0.25, -0.2) is 0 Å². The van der Waals surface area contributed by atoms with Crippen molar-refractivity contribution >= 4 is 0 Å². The van der Waals surface area contributed by atoms with Crippen LogP contribution in [0.4, 0.5) is 0 Å². The number of aliphatic hydroxyl groups is 1. The molecule has 170 valence electrons. The van der Waals surface area contributed by atoms with E-state index in [-0.39, 0.29) is 11.5 Å². The van der Waals surface area contributed by atoms with Crippen molar-refractivity contribution in [1.82, 2.24) is 0 Å². The summed E-state index contributed by atoms with van der Waals surface area (Å²) in [4.78, 5) is 0. The maximum atomic E-state index is 10.8. The van der Waals surface area contributed by atoms with E-state index in [1.807, 2.05) is 5.57 Å². The van der Waals surface area contributed by atoms with Gasteiger partial charge in [0, 0.05) is 0 Å². The Bertz CT molecular complexity index is 745. The zero-order valence-electron chi connectivity index (χ0n) is 21.0. The maximum Gasteiger partial charge on any atom is 0.0594 e. The zero-order valence-corrected chi connectivity index (χ0v) is 21.0. The Morgan fingerprint density at radius 2 is 1.43 bits per heavy atom. The first kappa shape index (κ1) is 21.5. The number of hydrogen-bond acceptors (Lipinski definition) is 1. The van der Waals surface area contributed by atoms with E-state index in [0.717, 1.165) is 24.2 Å². The van der Waals surface area contributed by atoms with Crippen LogP contribution < -0.4 is 0 Å². The summed E-state index contributed by atoms with van der Waals surface area (Å²) >= 11 is 0. The summed E-state index contributed by atoms with van der Waals surface area (Å²) in [7, 11) is 0. The molecule has 0 aliphatic heterocycles. The molecule has 0 saturated heterocycles. The molecule has 0 spiro atoms. The van der Waals surface area contributed by atoms with E-state index < -0.39 is 0 Å². The summed E-state index contributed by atoms with van der Waals surface area (Å²) in [5, 5.41) is 10.8. The second-order valence-corrected chi connectivity index (χ2v) is 14.6. The Hall–Kier alpha value is -0.300. The van der Waals surface area contributed by atoms with Crippen LogP contribution in [-0.2, 0) is 0 Å². The first-order chi connectivity index (χ1) is 13.8. The van der Waals surface area contributed by atoms with Crippen LogP contribution in [0.2, 0.25) is 0 Å². The molecule has 1 N–H and O–H groups in total. The quantitative estimate of drug-likeness (QED) is 0.403. The Balaban J connectivity index is 1.52. The molecule has 4 saturated carbocycles. The molecular weight excluding hydrogens is 364 g/mol. The molecule has 5 aliphatic rings. The normalized spacial score (nSPS) is 54.1. The Morgan fingerprint density at radius 1 is 0.733 bits per heavy atom. The van der Waals surface area contributed by atoms with E-state index in [1.54, 1.807) is 0 Å². The molecule has 0 heterocycles. The van der Waals surface area contributed by atoms with Crippen LogP contribution in [0.5, 0.6) is 0 Å². The van der Waals surface area contributed by atoms with Crippen molar-refractivity contribution in [2.24, 2.45) is 50.7 Å². The topological polar surface area (TPSA) is 20.2 Å². The molecule has 0 aromatic heterocycles. The van der Waals surface area contributed by atoms with Crippen molar-refractivity contribution in [3.63, 3.8) is 0 Å². The third kappa shape index (κ3) is 2.75. The predicted octanol–water partition coefficient (Wildman–Crippen LogP) is 7.78. The molecule has 4 fully saturated rings. The van der Waals surface area contributed by atoms with Gasteiger partial charge in [-0.2, -0.15) is 0 Å². The van der Waals surface area contributed by atoms with E-state index in [9.17, 15) is 5.11 Å². The minimum Gasteiger partial charge on any atom is -0.393 e. The van der Waals surface area contributed by atoms with Gasteiger partial charge in [-0.15, -0.1) is 0 Å². The molecule has 30 heavy (non-hydrogen) atoms. The zero-order chi connectivity index (χ0) is 21.7. The molecule has 1 heteroatoms. The predicted molar refractivity (Wildman–Crippen MR) is 126 cm³/mol. The fourth-order valence-corrected chi connectivity index (χ4v) is 10.2. The molecule has 8 atom stereocenters. The second kappa shape index (κ2) is 6.39. The molecule has 0 aromatic rings. The van der Waals surface area contributed by atoms with Gasteiger partial charge in [-0.1, -0.05) is 60.1 Å². The molecule has 0 radical (unpaired) electrons. The monoisotopic (exact) mass is 412 g/mol. The van der Waals surface area contributed by atoms with Crippen molar-refractivity contribution in [3.8, 4) is 0 Å². The van der Waals surface area contributed by atoms with Gasteiger partial charge in [0.25, 0.3) is 0 Å². The first-order valence-electron chi connectivity index (χ1n) is 13.2. The highest BCUT2D eigenvalue weighted by Gasteiger charge is 2.64. The molecule has 0 unspecified atom stereocenters. The highest BCUT2D eigenvalue weighted by molar-refractivity contribution is 5.28. The highest BCUT2D eigenvalue weighted by Crippen LogP contribution is 2.71. The maximum absolute atomic E-state index is 10.8. The number of fused-ring (bicyclic) bond motifs is 7. The van der Waals surface area contributed by atoms with E-state index in [2.05, 4.69) is 54.5 Å². The molecule has 0 aromatic carbocycles. The molecule has 5 aliphatic carbocycles. The Morgan fingerprint density at radius 3 is 2.17 bits per heavy atom. The number of hydrogen-bond donors (Lipinski definition) is 1. The fraction of sp³-hybridized carbons (Fsp3) is 0.931. The lowest BCUT2D eigenvalue weighted by Crippen LogP contribution is -2.61. The Labute approximate surface area is 186 Å². The van der Waals surface area contributed by atoms with E-state index in [4.69, 9.17) is 0 Å². The summed E-state index contributed by atoms with van der Waals surface area (Å²) in [5.74, 6) is 3.11. The highest BCUT2D eigenvalue weighted by atomic mass is 16.3. The van der Waals surface area contributed by atoms with Crippen molar-refractivity contribution in [1.29, 1.82) is 0 Å². The van der Waals surface area contributed by atoms with Gasteiger partial charge < -0.3 is 5.11 Å². The minimum atomic E-state index is -0.116. The van der Waals surface area contributed by atoms with Crippen LogP contribution in [0.1, 0.15) is 113 Å². The van der Waals surface area contributed by atoms with Crippen LogP contribution >= 0.6 is 0 Å². The summed E-state index contributed by atoms with van der Waals surface area (Å²) in [6.45, 7) is 17.7. The summed E-state index contributed by atoms with van der Waals surface area (Å²) in [6.07, 6.45) is 16.0. The lowest BCUT2D eigenvalue weighted by molar-refractivity contribution is -0.185. The standard InChI is InChI=1S/C29H48O/c1-25(2)16-17-27(5)13-10-20-19(21(27)18-25)8-9-23-28(20,6)14-11-22-26(3,4)24(30)12-15-29(22,23)7/h8,20-24,30H,9-18H2,1-7H3/t20-,21+,22-,23-,24-,27-,28-,29-/m0/s1. The van der Waals surface area contributed by atoms with Gasteiger partial charge in [-0.05, 0) is 115 Å². The summed E-state index contributed by atoms with van der Waals surface area (Å²) in [5.41, 5.74) is 3.89. The van der Waals surface area contributed by atoms with Gasteiger partial charge in [0.05, 0.1) is 6.10 Å². The third-order valence-corrected chi connectivity index (χ3v) is 12.2. The van der Waals surface area contributed by atoms with E-state index in [0.29, 0.717) is 27.6 Å². The van der Waals surface area contributed by atoms with Crippen molar-refractivity contribution < 1.29 is 5.11 Å². The SMILES string of the molecule is CC1(C)CC[C@]2(C)CC[C@H]3C(=CC[C@H]4[C@@]3(C)CC[C@H]3C(C)(C)[C@@H](O)CC[C@]43C)[C@H]2C1. The van der Waals surface area contributed by atoms with E-state index in [1.165, 1.54) is 57.8 Å². The molecular formula is C29H48O. The molecule has 0 bridgehead atoms. The average molecular weight is 413 g/mol. The van der Waals surface area contributed by atoms with Gasteiger partial charge in [0.15, 0.2) is 0 Å². The molecule has 1 nitrogen and oxygen atoms in total. The van der Waals surface area contributed by atoms with Gasteiger partial charge in [0.1, 0.15) is 0 Å².